The van der Waals surface area contributed by atoms with E-state index >= 15 is 0 Å². The fraction of sp³-hybridized carbons (Fsp3) is 0.143. The number of hydrogen-bond acceptors (Lipinski definition) is 4. The van der Waals surface area contributed by atoms with Crippen LogP contribution in [-0.2, 0) is 0 Å². The number of hydrogen-bond donors (Lipinski definition) is 1. The smallest absolute Gasteiger partial charge is 0.284 e. The number of nitrogens with two attached hydrogens (primary N) is 1. The summed E-state index contributed by atoms with van der Waals surface area (Å²) < 4.78 is 0.682. The van der Waals surface area contributed by atoms with Gasteiger partial charge in [-0.1, -0.05) is 33.8 Å². The first-order valence-electron chi connectivity index (χ1n) is 5.87. The molecule has 0 aliphatic carbocycles. The number of halogens is 1. The lowest BCUT2D eigenvalue weighted by molar-refractivity contribution is -0.387. The number of rotatable bonds is 3. The van der Waals surface area contributed by atoms with E-state index in [1.165, 1.54) is 17.8 Å². The van der Waals surface area contributed by atoms with Crippen LogP contribution in [0.15, 0.2) is 44.6 Å². The van der Waals surface area contributed by atoms with Crippen molar-refractivity contribution in [3.63, 3.8) is 0 Å². The highest BCUT2D eigenvalue weighted by Crippen LogP contribution is 2.39. The molecule has 0 unspecified atom stereocenters. The molecule has 2 aromatic rings. The van der Waals surface area contributed by atoms with Gasteiger partial charge in [0.1, 0.15) is 0 Å². The Bertz CT molecular complexity index is 689. The Morgan fingerprint density at radius 1 is 1.20 bits per heavy atom. The molecule has 0 aromatic heterocycles. The average Bonchev–Trinajstić information content (AvgIpc) is 2.37. The number of nitrogens with zero attached hydrogens (tertiary/aromatic N) is 1. The zero-order valence-electron chi connectivity index (χ0n) is 11.0. The molecule has 0 spiro atoms. The Morgan fingerprint density at radius 2 is 1.90 bits per heavy atom. The molecule has 0 atom stereocenters. The largest absolute Gasteiger partial charge is 0.398 e. The summed E-state index contributed by atoms with van der Waals surface area (Å²) in [5, 5.41) is 11.1. The van der Waals surface area contributed by atoms with Crippen molar-refractivity contribution in [2.24, 2.45) is 0 Å². The Kier molecular flexibility index (Phi) is 4.35. The Hall–Kier alpha value is -1.53. The minimum absolute atomic E-state index is 0.0722. The second-order valence-electron chi connectivity index (χ2n) is 4.46. The lowest BCUT2D eigenvalue weighted by atomic mass is 10.1. The van der Waals surface area contributed by atoms with Gasteiger partial charge in [0.25, 0.3) is 5.69 Å². The summed E-state index contributed by atoms with van der Waals surface area (Å²) in [7, 11) is 0. The van der Waals surface area contributed by atoms with Gasteiger partial charge in [-0.3, -0.25) is 10.1 Å². The van der Waals surface area contributed by atoms with Gasteiger partial charge >= 0.3 is 0 Å². The molecule has 0 saturated carbocycles. The molecule has 6 heteroatoms. The maximum Gasteiger partial charge on any atom is 0.284 e. The van der Waals surface area contributed by atoms with Crippen molar-refractivity contribution >= 4 is 39.1 Å². The van der Waals surface area contributed by atoms with Gasteiger partial charge in [-0.05, 0) is 43.2 Å². The maximum atomic E-state index is 11.1. The Morgan fingerprint density at radius 3 is 2.55 bits per heavy atom. The van der Waals surface area contributed by atoms with E-state index in [4.69, 9.17) is 5.73 Å². The van der Waals surface area contributed by atoms with Gasteiger partial charge in [-0.15, -0.1) is 0 Å². The van der Waals surface area contributed by atoms with Crippen molar-refractivity contribution in [2.75, 3.05) is 5.73 Å². The van der Waals surface area contributed by atoms with E-state index in [-0.39, 0.29) is 10.6 Å². The van der Waals surface area contributed by atoms with E-state index in [0.29, 0.717) is 15.1 Å². The van der Waals surface area contributed by atoms with Crippen molar-refractivity contribution in [3.8, 4) is 0 Å². The van der Waals surface area contributed by atoms with Crippen LogP contribution in [0.4, 0.5) is 11.4 Å². The molecule has 4 nitrogen and oxygen atoms in total. The molecule has 0 amide bonds. The first-order chi connectivity index (χ1) is 9.38. The van der Waals surface area contributed by atoms with Crippen LogP contribution in [0.5, 0.6) is 0 Å². The van der Waals surface area contributed by atoms with E-state index in [1.807, 2.05) is 26.0 Å². The normalized spacial score (nSPS) is 10.6. The summed E-state index contributed by atoms with van der Waals surface area (Å²) in [5.41, 5.74) is 8.85. The van der Waals surface area contributed by atoms with Crippen molar-refractivity contribution in [2.45, 2.75) is 23.6 Å². The van der Waals surface area contributed by atoms with Crippen LogP contribution in [0.2, 0.25) is 0 Å². The summed E-state index contributed by atoms with van der Waals surface area (Å²) in [5.74, 6) is 0. The van der Waals surface area contributed by atoms with E-state index < -0.39 is 0 Å². The second kappa shape index (κ2) is 5.85. The summed E-state index contributed by atoms with van der Waals surface area (Å²) in [6.07, 6.45) is 0. The molecule has 0 saturated heterocycles. The van der Waals surface area contributed by atoms with Crippen LogP contribution in [0.1, 0.15) is 11.1 Å². The SMILES string of the molecule is Cc1cc(C)c(N)c(Sc2ccc(Br)cc2[N+](=O)[O-])c1. The highest BCUT2D eigenvalue weighted by atomic mass is 79.9. The molecular weight excluding hydrogens is 340 g/mol. The van der Waals surface area contributed by atoms with Crippen LogP contribution < -0.4 is 5.73 Å². The van der Waals surface area contributed by atoms with Gasteiger partial charge < -0.3 is 5.73 Å². The Labute approximate surface area is 129 Å². The summed E-state index contributed by atoms with van der Waals surface area (Å²) in [4.78, 5) is 12.2. The number of nitrogen functional groups attached to an aromatic ring is 1. The molecule has 2 aromatic carbocycles. The Balaban J connectivity index is 2.48. The molecule has 0 bridgehead atoms. The molecule has 2 rings (SSSR count). The fourth-order valence-corrected chi connectivity index (χ4v) is 3.34. The predicted octanol–water partition coefficient (Wildman–Crippen LogP) is 4.71. The molecule has 2 N–H and O–H groups in total. The number of anilines is 1. The minimum atomic E-state index is -0.383. The first kappa shape index (κ1) is 14.9. The van der Waals surface area contributed by atoms with E-state index in [1.54, 1.807) is 12.1 Å². The molecule has 0 heterocycles. The fourth-order valence-electron chi connectivity index (χ4n) is 1.86. The van der Waals surface area contributed by atoms with Gasteiger partial charge in [-0.25, -0.2) is 0 Å². The van der Waals surface area contributed by atoms with Crippen LogP contribution in [0.25, 0.3) is 0 Å². The number of benzene rings is 2. The van der Waals surface area contributed by atoms with Gasteiger partial charge in [0.2, 0.25) is 0 Å². The lowest BCUT2D eigenvalue weighted by Crippen LogP contribution is -1.95. The molecule has 104 valence electrons. The van der Waals surface area contributed by atoms with E-state index in [9.17, 15) is 10.1 Å². The lowest BCUT2D eigenvalue weighted by Gasteiger charge is -2.10. The summed E-state index contributed by atoms with van der Waals surface area (Å²) >= 11 is 4.57. The van der Waals surface area contributed by atoms with E-state index in [2.05, 4.69) is 15.9 Å². The number of aryl methyl sites for hydroxylation is 2. The average molecular weight is 353 g/mol. The third-order valence-electron chi connectivity index (χ3n) is 2.83. The summed E-state index contributed by atoms with van der Waals surface area (Å²) in [6, 6.07) is 8.95. The molecule has 0 aliphatic rings. The standard InChI is InChI=1S/C14H13BrN2O2S/c1-8-5-9(2)14(16)13(6-8)20-12-4-3-10(15)7-11(12)17(18)19/h3-7H,16H2,1-2H3. The highest BCUT2D eigenvalue weighted by Gasteiger charge is 2.17. The van der Waals surface area contributed by atoms with Crippen LogP contribution in [0, 0.1) is 24.0 Å². The third-order valence-corrected chi connectivity index (χ3v) is 4.45. The highest BCUT2D eigenvalue weighted by molar-refractivity contribution is 9.10. The van der Waals surface area contributed by atoms with Crippen LogP contribution in [0.3, 0.4) is 0 Å². The van der Waals surface area contributed by atoms with Crippen molar-refractivity contribution in [3.05, 3.63) is 56.0 Å². The topological polar surface area (TPSA) is 69.2 Å². The van der Waals surface area contributed by atoms with Crippen molar-refractivity contribution in [1.82, 2.24) is 0 Å². The molecule has 0 fully saturated rings. The molecular formula is C14H13BrN2O2S. The second-order valence-corrected chi connectivity index (χ2v) is 6.46. The zero-order chi connectivity index (χ0) is 14.9. The van der Waals surface area contributed by atoms with Gasteiger partial charge in [0.15, 0.2) is 0 Å². The third kappa shape index (κ3) is 3.13. The summed E-state index contributed by atoms with van der Waals surface area (Å²) in [6.45, 7) is 3.91. The first-order valence-corrected chi connectivity index (χ1v) is 7.48. The van der Waals surface area contributed by atoms with Gasteiger partial charge in [0.05, 0.1) is 9.82 Å². The zero-order valence-corrected chi connectivity index (χ0v) is 13.4. The molecule has 20 heavy (non-hydrogen) atoms. The molecule has 0 radical (unpaired) electrons. The van der Waals surface area contributed by atoms with Gasteiger partial charge in [0, 0.05) is 21.1 Å². The monoisotopic (exact) mass is 352 g/mol. The van der Waals surface area contributed by atoms with Crippen molar-refractivity contribution < 1.29 is 4.92 Å². The predicted molar refractivity (Wildman–Crippen MR) is 85.2 cm³/mol. The minimum Gasteiger partial charge on any atom is -0.398 e. The van der Waals surface area contributed by atoms with Crippen LogP contribution >= 0.6 is 27.7 Å². The van der Waals surface area contributed by atoms with Crippen LogP contribution in [-0.4, -0.2) is 4.92 Å². The number of nitro groups is 1. The van der Waals surface area contributed by atoms with Crippen molar-refractivity contribution in [1.29, 1.82) is 0 Å². The number of nitro benzene ring substituents is 1. The van der Waals surface area contributed by atoms with E-state index in [0.717, 1.165) is 16.0 Å². The van der Waals surface area contributed by atoms with Gasteiger partial charge in [-0.2, -0.15) is 0 Å². The molecule has 0 aliphatic heterocycles. The maximum absolute atomic E-state index is 11.1. The quantitative estimate of drug-likeness (QED) is 0.493.